The van der Waals surface area contributed by atoms with Crippen LogP contribution in [0, 0.1) is 20.8 Å². The van der Waals surface area contributed by atoms with Crippen LogP contribution in [0.25, 0.3) is 0 Å². The van der Waals surface area contributed by atoms with Crippen LogP contribution in [0.4, 0.5) is 5.69 Å². The van der Waals surface area contributed by atoms with Gasteiger partial charge in [0.25, 0.3) is 5.91 Å². The van der Waals surface area contributed by atoms with E-state index in [9.17, 15) is 9.90 Å². The molecule has 3 nitrogen and oxygen atoms in total. The summed E-state index contributed by atoms with van der Waals surface area (Å²) in [5.74, 6) is -0.171. The number of hydrogen-bond donors (Lipinski definition) is 1. The number of aryl methyl sites for hydroxylation is 3. The molecule has 0 bridgehead atoms. The first-order valence-corrected chi connectivity index (χ1v) is 5.58. The van der Waals surface area contributed by atoms with Crippen LogP contribution in [0.5, 0.6) is 0 Å². The fourth-order valence-corrected chi connectivity index (χ4v) is 2.49. The number of carbonyl (C=O) groups excluding carboxylic acids is 1. The second-order valence-corrected chi connectivity index (χ2v) is 4.54. The average molecular weight is 219 g/mol. The number of benzene rings is 1. The lowest BCUT2D eigenvalue weighted by Gasteiger charge is -2.21. The van der Waals surface area contributed by atoms with E-state index in [0.29, 0.717) is 13.0 Å². The lowest BCUT2D eigenvalue weighted by atomic mass is 10.0. The first-order valence-electron chi connectivity index (χ1n) is 5.58. The van der Waals surface area contributed by atoms with E-state index in [1.807, 2.05) is 20.8 Å². The Morgan fingerprint density at radius 3 is 2.25 bits per heavy atom. The molecule has 3 heteroatoms. The third-order valence-electron chi connectivity index (χ3n) is 3.08. The molecule has 2 rings (SSSR count). The molecule has 1 fully saturated rings. The minimum absolute atomic E-state index is 0.171. The van der Waals surface area contributed by atoms with E-state index in [0.717, 1.165) is 16.8 Å². The number of aliphatic hydroxyl groups is 1. The molecule has 86 valence electrons. The van der Waals surface area contributed by atoms with Gasteiger partial charge in [0.05, 0.1) is 0 Å². The summed E-state index contributed by atoms with van der Waals surface area (Å²) in [5.41, 5.74) is 4.36. The maximum atomic E-state index is 11.8. The number of amides is 1. The summed E-state index contributed by atoms with van der Waals surface area (Å²) in [6.45, 7) is 6.68. The molecule has 1 saturated heterocycles. The van der Waals surface area contributed by atoms with Crippen molar-refractivity contribution < 1.29 is 9.90 Å². The number of rotatable bonds is 1. The number of aliphatic hydroxyl groups excluding tert-OH is 1. The molecule has 0 spiro atoms. The van der Waals surface area contributed by atoms with Crippen molar-refractivity contribution in [2.75, 3.05) is 11.4 Å². The fourth-order valence-electron chi connectivity index (χ4n) is 2.49. The summed E-state index contributed by atoms with van der Waals surface area (Å²) < 4.78 is 0. The van der Waals surface area contributed by atoms with Crippen molar-refractivity contribution >= 4 is 11.6 Å². The average Bonchev–Trinajstić information content (AvgIpc) is 2.48. The van der Waals surface area contributed by atoms with E-state index in [4.69, 9.17) is 0 Å². The van der Waals surface area contributed by atoms with E-state index < -0.39 is 6.10 Å². The predicted molar refractivity (Wildman–Crippen MR) is 63.6 cm³/mol. The Morgan fingerprint density at radius 1 is 1.25 bits per heavy atom. The van der Waals surface area contributed by atoms with Gasteiger partial charge in [-0.3, -0.25) is 4.79 Å². The van der Waals surface area contributed by atoms with Crippen molar-refractivity contribution in [1.29, 1.82) is 0 Å². The number of hydrogen-bond acceptors (Lipinski definition) is 2. The van der Waals surface area contributed by atoms with Crippen LogP contribution in [0.2, 0.25) is 0 Å². The van der Waals surface area contributed by atoms with Gasteiger partial charge in [0.2, 0.25) is 0 Å². The highest BCUT2D eigenvalue weighted by atomic mass is 16.3. The minimum atomic E-state index is -0.819. The smallest absolute Gasteiger partial charge is 0.255 e. The van der Waals surface area contributed by atoms with Crippen LogP contribution in [-0.4, -0.2) is 23.7 Å². The second-order valence-electron chi connectivity index (χ2n) is 4.54. The summed E-state index contributed by atoms with van der Waals surface area (Å²) in [6.07, 6.45) is -0.286. The van der Waals surface area contributed by atoms with Gasteiger partial charge in [-0.05, 0) is 31.9 Å². The summed E-state index contributed by atoms with van der Waals surface area (Å²) in [5, 5.41) is 9.47. The Hall–Kier alpha value is -1.35. The molecular formula is C13H17NO2. The van der Waals surface area contributed by atoms with Gasteiger partial charge in [0, 0.05) is 18.7 Å². The zero-order valence-corrected chi connectivity index (χ0v) is 9.95. The van der Waals surface area contributed by atoms with Gasteiger partial charge in [-0.25, -0.2) is 0 Å². The summed E-state index contributed by atoms with van der Waals surface area (Å²) in [7, 11) is 0. The van der Waals surface area contributed by atoms with E-state index in [1.54, 1.807) is 4.90 Å². The highest BCUT2D eigenvalue weighted by Crippen LogP contribution is 2.29. The van der Waals surface area contributed by atoms with Crippen molar-refractivity contribution in [3.8, 4) is 0 Å². The molecular weight excluding hydrogens is 202 g/mol. The van der Waals surface area contributed by atoms with Gasteiger partial charge in [-0.1, -0.05) is 17.7 Å². The number of nitrogens with zero attached hydrogens (tertiary/aromatic N) is 1. The zero-order valence-electron chi connectivity index (χ0n) is 9.95. The van der Waals surface area contributed by atoms with E-state index in [2.05, 4.69) is 12.1 Å². The molecule has 1 amide bonds. The van der Waals surface area contributed by atoms with Crippen molar-refractivity contribution in [3.05, 3.63) is 28.8 Å². The first-order chi connectivity index (χ1) is 7.50. The second kappa shape index (κ2) is 3.91. The van der Waals surface area contributed by atoms with Gasteiger partial charge < -0.3 is 10.0 Å². The molecule has 1 aromatic rings. The Morgan fingerprint density at radius 2 is 1.81 bits per heavy atom. The van der Waals surface area contributed by atoms with Gasteiger partial charge in [0.1, 0.15) is 6.10 Å². The van der Waals surface area contributed by atoms with E-state index >= 15 is 0 Å². The Bertz CT molecular complexity index is 417. The van der Waals surface area contributed by atoms with Crippen molar-refractivity contribution in [3.63, 3.8) is 0 Å². The summed E-state index contributed by atoms with van der Waals surface area (Å²) in [4.78, 5) is 13.5. The highest BCUT2D eigenvalue weighted by Gasteiger charge is 2.32. The zero-order chi connectivity index (χ0) is 11.9. The Labute approximate surface area is 95.7 Å². The maximum Gasteiger partial charge on any atom is 0.255 e. The topological polar surface area (TPSA) is 40.5 Å². The summed E-state index contributed by atoms with van der Waals surface area (Å²) >= 11 is 0. The van der Waals surface area contributed by atoms with E-state index in [1.165, 1.54) is 5.56 Å². The number of carbonyl (C=O) groups is 1. The lowest BCUT2D eigenvalue weighted by molar-refractivity contribution is -0.124. The standard InChI is InChI=1S/C13H17NO2/c1-8-6-9(2)12(10(3)7-8)14-5-4-11(15)13(14)16/h6-7,11,15H,4-5H2,1-3H3. The van der Waals surface area contributed by atoms with Crippen LogP contribution in [-0.2, 0) is 4.79 Å². The SMILES string of the molecule is Cc1cc(C)c(N2CCC(O)C2=O)c(C)c1. The van der Waals surface area contributed by atoms with Crippen LogP contribution in [0.3, 0.4) is 0 Å². The van der Waals surface area contributed by atoms with Crippen LogP contribution in [0.1, 0.15) is 23.1 Å². The lowest BCUT2D eigenvalue weighted by Crippen LogP contribution is -2.30. The molecule has 0 saturated carbocycles. The molecule has 1 unspecified atom stereocenters. The Balaban J connectivity index is 2.45. The van der Waals surface area contributed by atoms with Crippen molar-refractivity contribution in [1.82, 2.24) is 0 Å². The Kier molecular flexibility index (Phi) is 2.72. The molecule has 0 radical (unpaired) electrons. The third-order valence-corrected chi connectivity index (χ3v) is 3.08. The molecule has 0 aliphatic carbocycles. The first kappa shape index (κ1) is 11.1. The van der Waals surface area contributed by atoms with Crippen LogP contribution < -0.4 is 4.90 Å². The highest BCUT2D eigenvalue weighted by molar-refractivity contribution is 5.99. The molecule has 1 aliphatic rings. The molecule has 1 heterocycles. The van der Waals surface area contributed by atoms with Gasteiger partial charge in [0.15, 0.2) is 0 Å². The maximum absolute atomic E-state index is 11.8. The van der Waals surface area contributed by atoms with Crippen LogP contribution >= 0.6 is 0 Å². The summed E-state index contributed by atoms with van der Waals surface area (Å²) in [6, 6.07) is 4.14. The number of anilines is 1. The quantitative estimate of drug-likeness (QED) is 0.781. The normalized spacial score (nSPS) is 20.6. The van der Waals surface area contributed by atoms with E-state index in [-0.39, 0.29) is 5.91 Å². The van der Waals surface area contributed by atoms with Gasteiger partial charge in [-0.15, -0.1) is 0 Å². The molecule has 1 atom stereocenters. The molecule has 1 aromatic carbocycles. The monoisotopic (exact) mass is 219 g/mol. The molecule has 16 heavy (non-hydrogen) atoms. The third kappa shape index (κ3) is 1.71. The predicted octanol–water partition coefficient (Wildman–Crippen LogP) is 1.71. The molecule has 1 aliphatic heterocycles. The van der Waals surface area contributed by atoms with Crippen molar-refractivity contribution in [2.24, 2.45) is 0 Å². The van der Waals surface area contributed by atoms with Crippen molar-refractivity contribution in [2.45, 2.75) is 33.3 Å². The van der Waals surface area contributed by atoms with Gasteiger partial charge >= 0.3 is 0 Å². The molecule has 1 N–H and O–H groups in total. The minimum Gasteiger partial charge on any atom is -0.383 e. The van der Waals surface area contributed by atoms with Crippen LogP contribution in [0.15, 0.2) is 12.1 Å². The fraction of sp³-hybridized carbons (Fsp3) is 0.462. The van der Waals surface area contributed by atoms with Gasteiger partial charge in [-0.2, -0.15) is 0 Å². The molecule has 0 aromatic heterocycles. The largest absolute Gasteiger partial charge is 0.383 e.